The van der Waals surface area contributed by atoms with Crippen LogP contribution in [0.3, 0.4) is 0 Å². The van der Waals surface area contributed by atoms with Gasteiger partial charge in [-0.05, 0) is 48.5 Å². The van der Waals surface area contributed by atoms with Crippen molar-refractivity contribution in [1.29, 1.82) is 0 Å². The van der Waals surface area contributed by atoms with Gasteiger partial charge in [0.15, 0.2) is 0 Å². The molecule has 0 aromatic heterocycles. The Morgan fingerprint density at radius 3 is 2.37 bits per heavy atom. The fourth-order valence-corrected chi connectivity index (χ4v) is 4.32. The number of nitrogens with zero attached hydrogens (tertiary/aromatic N) is 1. The standard InChI is InChI=1S/C23H22N2O4S/c1-3-16-25(30(27,28)22-10-5-4-6-11-22)20-14-12-18(13-15-20)23(26)24-19-8-7-9-21(17-19)29-2/h3-15,17H,1,16H2,2H3,(H,24,26). The van der Waals surface area contributed by atoms with Gasteiger partial charge in [0.25, 0.3) is 15.9 Å². The van der Waals surface area contributed by atoms with E-state index in [1.54, 1.807) is 86.0 Å². The molecule has 0 bridgehead atoms. The largest absolute Gasteiger partial charge is 0.497 e. The number of sulfonamides is 1. The first kappa shape index (κ1) is 21.1. The lowest BCUT2D eigenvalue weighted by Crippen LogP contribution is -2.31. The number of anilines is 2. The third-order valence-electron chi connectivity index (χ3n) is 4.37. The molecule has 3 rings (SSSR count). The van der Waals surface area contributed by atoms with Crippen LogP contribution in [0.2, 0.25) is 0 Å². The molecule has 0 unspecified atom stereocenters. The summed E-state index contributed by atoms with van der Waals surface area (Å²) in [6.45, 7) is 3.76. The van der Waals surface area contributed by atoms with Crippen molar-refractivity contribution in [2.24, 2.45) is 0 Å². The SMILES string of the molecule is C=CCN(c1ccc(C(=O)Nc2cccc(OC)c2)cc1)S(=O)(=O)c1ccccc1. The molecule has 7 heteroatoms. The third kappa shape index (κ3) is 4.69. The van der Waals surface area contributed by atoms with E-state index >= 15 is 0 Å². The van der Waals surface area contributed by atoms with Gasteiger partial charge in [-0.3, -0.25) is 9.10 Å². The molecule has 1 amide bonds. The van der Waals surface area contributed by atoms with Crippen LogP contribution in [0.4, 0.5) is 11.4 Å². The minimum Gasteiger partial charge on any atom is -0.497 e. The van der Waals surface area contributed by atoms with Crippen LogP contribution in [0, 0.1) is 0 Å². The van der Waals surface area contributed by atoms with E-state index in [1.807, 2.05) is 0 Å². The Morgan fingerprint density at radius 1 is 1.03 bits per heavy atom. The Labute approximate surface area is 176 Å². The first-order chi connectivity index (χ1) is 14.5. The highest BCUT2D eigenvalue weighted by molar-refractivity contribution is 7.92. The molecule has 0 aliphatic heterocycles. The van der Waals surface area contributed by atoms with Crippen LogP contribution in [0.5, 0.6) is 5.75 Å². The zero-order chi connectivity index (χ0) is 21.6. The van der Waals surface area contributed by atoms with E-state index in [4.69, 9.17) is 4.74 Å². The van der Waals surface area contributed by atoms with Crippen LogP contribution in [-0.2, 0) is 10.0 Å². The molecule has 0 aliphatic rings. The summed E-state index contributed by atoms with van der Waals surface area (Å²) in [5, 5.41) is 2.80. The topological polar surface area (TPSA) is 75.7 Å². The number of hydrogen-bond acceptors (Lipinski definition) is 4. The molecule has 3 aromatic rings. The van der Waals surface area contributed by atoms with E-state index in [0.717, 1.165) is 0 Å². The average molecular weight is 423 g/mol. The summed E-state index contributed by atoms with van der Waals surface area (Å²) >= 11 is 0. The van der Waals surface area contributed by atoms with Gasteiger partial charge in [0.05, 0.1) is 24.2 Å². The first-order valence-corrected chi connectivity index (χ1v) is 10.6. The predicted molar refractivity (Wildman–Crippen MR) is 119 cm³/mol. The van der Waals surface area contributed by atoms with Crippen molar-refractivity contribution in [2.75, 3.05) is 23.3 Å². The molecule has 30 heavy (non-hydrogen) atoms. The highest BCUT2D eigenvalue weighted by Crippen LogP contribution is 2.24. The van der Waals surface area contributed by atoms with Gasteiger partial charge in [0, 0.05) is 17.3 Å². The highest BCUT2D eigenvalue weighted by Gasteiger charge is 2.24. The molecular weight excluding hydrogens is 400 g/mol. The van der Waals surface area contributed by atoms with Crippen molar-refractivity contribution >= 4 is 27.3 Å². The lowest BCUT2D eigenvalue weighted by Gasteiger charge is -2.23. The smallest absolute Gasteiger partial charge is 0.264 e. The summed E-state index contributed by atoms with van der Waals surface area (Å²) in [4.78, 5) is 12.7. The van der Waals surface area contributed by atoms with Gasteiger partial charge in [-0.15, -0.1) is 6.58 Å². The predicted octanol–water partition coefficient (Wildman–Crippen LogP) is 4.33. The molecule has 0 saturated heterocycles. The molecule has 0 saturated carbocycles. The fourth-order valence-electron chi connectivity index (χ4n) is 2.86. The Bertz CT molecular complexity index is 1130. The Balaban J connectivity index is 1.83. The fraction of sp³-hybridized carbons (Fsp3) is 0.0870. The van der Waals surface area contributed by atoms with Gasteiger partial charge >= 0.3 is 0 Å². The molecule has 0 atom stereocenters. The van der Waals surface area contributed by atoms with Crippen LogP contribution >= 0.6 is 0 Å². The number of hydrogen-bond donors (Lipinski definition) is 1. The summed E-state index contributed by atoms with van der Waals surface area (Å²) in [5.74, 6) is 0.324. The minimum absolute atomic E-state index is 0.104. The van der Waals surface area contributed by atoms with Gasteiger partial charge in [-0.25, -0.2) is 8.42 Å². The second-order valence-electron chi connectivity index (χ2n) is 6.37. The van der Waals surface area contributed by atoms with Gasteiger partial charge in [0.1, 0.15) is 5.75 Å². The maximum absolute atomic E-state index is 13.0. The van der Waals surface area contributed by atoms with Gasteiger partial charge in [-0.1, -0.05) is 30.3 Å². The number of amides is 1. The van der Waals surface area contributed by atoms with Crippen molar-refractivity contribution in [1.82, 2.24) is 0 Å². The lowest BCUT2D eigenvalue weighted by atomic mass is 10.2. The van der Waals surface area contributed by atoms with E-state index in [9.17, 15) is 13.2 Å². The maximum Gasteiger partial charge on any atom is 0.264 e. The molecule has 1 N–H and O–H groups in total. The van der Waals surface area contributed by atoms with Crippen molar-refractivity contribution in [2.45, 2.75) is 4.90 Å². The summed E-state index contributed by atoms with van der Waals surface area (Å²) in [7, 11) is -2.20. The molecule has 154 valence electrons. The van der Waals surface area contributed by atoms with Crippen molar-refractivity contribution in [3.8, 4) is 5.75 Å². The Morgan fingerprint density at radius 2 is 1.73 bits per heavy atom. The quantitative estimate of drug-likeness (QED) is 0.548. The number of ether oxygens (including phenoxy) is 1. The molecule has 0 fully saturated rings. The molecule has 6 nitrogen and oxygen atoms in total. The number of benzene rings is 3. The van der Waals surface area contributed by atoms with Crippen LogP contribution in [0.1, 0.15) is 10.4 Å². The molecule has 0 spiro atoms. The number of nitrogens with one attached hydrogen (secondary N) is 1. The van der Waals surface area contributed by atoms with Crippen LogP contribution in [-0.4, -0.2) is 28.0 Å². The van der Waals surface area contributed by atoms with E-state index in [-0.39, 0.29) is 17.3 Å². The first-order valence-electron chi connectivity index (χ1n) is 9.20. The van der Waals surface area contributed by atoms with Crippen molar-refractivity contribution < 1.29 is 17.9 Å². The van der Waals surface area contributed by atoms with Crippen molar-refractivity contribution in [3.63, 3.8) is 0 Å². The Kier molecular flexibility index (Phi) is 6.54. The number of carbonyl (C=O) groups excluding carboxylic acids is 1. The van der Waals surface area contributed by atoms with E-state index in [1.165, 1.54) is 10.4 Å². The number of rotatable bonds is 8. The molecule has 3 aromatic carbocycles. The third-order valence-corrected chi connectivity index (χ3v) is 6.18. The summed E-state index contributed by atoms with van der Waals surface area (Å²) in [6, 6.07) is 21.6. The van der Waals surface area contributed by atoms with Crippen LogP contribution in [0.15, 0.2) is 96.4 Å². The van der Waals surface area contributed by atoms with E-state index in [0.29, 0.717) is 22.7 Å². The minimum atomic E-state index is -3.76. The average Bonchev–Trinajstić information content (AvgIpc) is 2.78. The zero-order valence-corrected chi connectivity index (χ0v) is 17.3. The van der Waals surface area contributed by atoms with Crippen molar-refractivity contribution in [3.05, 3.63) is 97.1 Å². The number of carbonyl (C=O) groups is 1. The molecular formula is C23H22N2O4S. The van der Waals surface area contributed by atoms with Gasteiger partial charge in [0.2, 0.25) is 0 Å². The maximum atomic E-state index is 13.0. The van der Waals surface area contributed by atoms with E-state index < -0.39 is 10.0 Å². The summed E-state index contributed by atoms with van der Waals surface area (Å²) in [5.41, 5.74) is 1.44. The molecule has 0 aliphatic carbocycles. The van der Waals surface area contributed by atoms with Crippen LogP contribution in [0.25, 0.3) is 0 Å². The monoisotopic (exact) mass is 422 g/mol. The van der Waals surface area contributed by atoms with Gasteiger partial charge in [-0.2, -0.15) is 0 Å². The number of methoxy groups -OCH3 is 1. The highest BCUT2D eigenvalue weighted by atomic mass is 32.2. The normalized spacial score (nSPS) is 10.8. The molecule has 0 heterocycles. The summed E-state index contributed by atoms with van der Waals surface area (Å²) in [6.07, 6.45) is 1.52. The van der Waals surface area contributed by atoms with E-state index in [2.05, 4.69) is 11.9 Å². The zero-order valence-electron chi connectivity index (χ0n) is 16.5. The van der Waals surface area contributed by atoms with Crippen LogP contribution < -0.4 is 14.4 Å². The second-order valence-corrected chi connectivity index (χ2v) is 8.23. The molecule has 0 radical (unpaired) electrons. The Hall–Kier alpha value is -3.58. The lowest BCUT2D eigenvalue weighted by molar-refractivity contribution is 0.102. The second kappa shape index (κ2) is 9.28. The van der Waals surface area contributed by atoms with Gasteiger partial charge < -0.3 is 10.1 Å². The summed E-state index contributed by atoms with van der Waals surface area (Å²) < 4.78 is 32.5.